The number of hydrogen-bond donors (Lipinski definition) is 1. The van der Waals surface area contributed by atoms with Crippen molar-refractivity contribution in [1.29, 1.82) is 0 Å². The van der Waals surface area contributed by atoms with E-state index in [9.17, 15) is 9.59 Å². The lowest BCUT2D eigenvalue weighted by molar-refractivity contribution is -0.141. The molecule has 1 fully saturated rings. The Morgan fingerprint density at radius 2 is 2.15 bits per heavy atom. The van der Waals surface area contributed by atoms with Gasteiger partial charge in [-0.1, -0.05) is 13.8 Å². The standard InChI is InChI=1S/C14H20N4O2/c1-3-11(4-2)18-13(19)8-12(14(18)20)15-9-10-6-5-7-16-17-10/h5-7,11-12,15H,3-4,8-9H2,1-2H3. The molecule has 1 N–H and O–H groups in total. The van der Waals surface area contributed by atoms with E-state index < -0.39 is 6.04 Å². The van der Waals surface area contributed by atoms with E-state index in [0.717, 1.165) is 18.5 Å². The summed E-state index contributed by atoms with van der Waals surface area (Å²) in [5, 5.41) is 10.8. The second kappa shape index (κ2) is 6.56. The predicted octanol–water partition coefficient (Wildman–Crippen LogP) is 0.882. The number of likely N-dealkylation sites (tertiary alicyclic amines) is 1. The highest BCUT2D eigenvalue weighted by atomic mass is 16.2. The summed E-state index contributed by atoms with van der Waals surface area (Å²) in [6.07, 6.45) is 3.42. The Balaban J connectivity index is 1.98. The molecule has 0 saturated carbocycles. The largest absolute Gasteiger partial charge is 0.300 e. The molecule has 1 unspecified atom stereocenters. The summed E-state index contributed by atoms with van der Waals surface area (Å²) in [5.74, 6) is -0.201. The zero-order valence-corrected chi connectivity index (χ0v) is 11.9. The predicted molar refractivity (Wildman–Crippen MR) is 73.5 cm³/mol. The van der Waals surface area contributed by atoms with Crippen LogP contribution in [0, 0.1) is 0 Å². The quantitative estimate of drug-likeness (QED) is 0.781. The number of nitrogens with one attached hydrogen (secondary N) is 1. The first-order chi connectivity index (χ1) is 9.67. The molecule has 0 radical (unpaired) electrons. The van der Waals surface area contributed by atoms with E-state index in [1.165, 1.54) is 4.90 Å². The molecule has 0 spiro atoms. The topological polar surface area (TPSA) is 75.2 Å². The maximum atomic E-state index is 12.3. The van der Waals surface area contributed by atoms with Crippen LogP contribution in [0.1, 0.15) is 38.8 Å². The molecule has 0 aliphatic carbocycles. The van der Waals surface area contributed by atoms with Gasteiger partial charge in [-0.2, -0.15) is 10.2 Å². The van der Waals surface area contributed by atoms with Crippen LogP contribution in [0.2, 0.25) is 0 Å². The molecule has 1 saturated heterocycles. The van der Waals surface area contributed by atoms with Crippen LogP contribution in [-0.2, 0) is 16.1 Å². The van der Waals surface area contributed by atoms with Crippen LogP contribution in [0.15, 0.2) is 18.3 Å². The van der Waals surface area contributed by atoms with Crippen molar-refractivity contribution in [1.82, 2.24) is 20.4 Å². The molecule has 20 heavy (non-hydrogen) atoms. The Hall–Kier alpha value is -1.82. The van der Waals surface area contributed by atoms with E-state index in [2.05, 4.69) is 15.5 Å². The molecule has 0 aromatic carbocycles. The van der Waals surface area contributed by atoms with Gasteiger partial charge >= 0.3 is 0 Å². The third-order valence-corrected chi connectivity index (χ3v) is 3.65. The van der Waals surface area contributed by atoms with Gasteiger partial charge in [0, 0.05) is 18.8 Å². The van der Waals surface area contributed by atoms with Crippen LogP contribution in [0.4, 0.5) is 0 Å². The first-order valence-electron chi connectivity index (χ1n) is 7.03. The van der Waals surface area contributed by atoms with Crippen LogP contribution in [-0.4, -0.2) is 39.0 Å². The number of carbonyl (C=O) groups excluding carboxylic acids is 2. The summed E-state index contributed by atoms with van der Waals surface area (Å²) in [7, 11) is 0. The first kappa shape index (κ1) is 14.6. The number of aromatic nitrogens is 2. The van der Waals surface area contributed by atoms with Crippen molar-refractivity contribution in [3.05, 3.63) is 24.0 Å². The lowest BCUT2D eigenvalue weighted by Gasteiger charge is -2.24. The molecular formula is C14H20N4O2. The lowest BCUT2D eigenvalue weighted by atomic mass is 10.1. The van der Waals surface area contributed by atoms with Gasteiger partial charge in [-0.05, 0) is 25.0 Å². The lowest BCUT2D eigenvalue weighted by Crippen LogP contribution is -2.43. The van der Waals surface area contributed by atoms with Gasteiger partial charge in [0.05, 0.1) is 18.2 Å². The fourth-order valence-corrected chi connectivity index (χ4v) is 2.50. The van der Waals surface area contributed by atoms with Gasteiger partial charge in [-0.15, -0.1) is 0 Å². The SMILES string of the molecule is CCC(CC)N1C(=O)CC(NCc2cccnn2)C1=O. The monoisotopic (exact) mass is 276 g/mol. The van der Waals surface area contributed by atoms with Crippen LogP contribution in [0.3, 0.4) is 0 Å². The number of amides is 2. The summed E-state index contributed by atoms with van der Waals surface area (Å²) in [6, 6.07) is 3.20. The van der Waals surface area contributed by atoms with Gasteiger partial charge in [0.15, 0.2) is 0 Å². The molecule has 2 rings (SSSR count). The van der Waals surface area contributed by atoms with Crippen molar-refractivity contribution < 1.29 is 9.59 Å². The van der Waals surface area contributed by atoms with E-state index >= 15 is 0 Å². The van der Waals surface area contributed by atoms with Crippen LogP contribution < -0.4 is 5.32 Å². The Morgan fingerprint density at radius 1 is 1.40 bits per heavy atom. The third-order valence-electron chi connectivity index (χ3n) is 3.65. The maximum Gasteiger partial charge on any atom is 0.247 e. The van der Waals surface area contributed by atoms with Crippen molar-refractivity contribution in [3.8, 4) is 0 Å². The van der Waals surface area contributed by atoms with Crippen LogP contribution in [0.5, 0.6) is 0 Å². The van der Waals surface area contributed by atoms with Gasteiger partial charge in [0.2, 0.25) is 11.8 Å². The van der Waals surface area contributed by atoms with Crippen LogP contribution in [0.25, 0.3) is 0 Å². The summed E-state index contributed by atoms with van der Waals surface area (Å²) < 4.78 is 0. The molecule has 1 aliphatic heterocycles. The summed E-state index contributed by atoms with van der Waals surface area (Å²) in [6.45, 7) is 4.43. The summed E-state index contributed by atoms with van der Waals surface area (Å²) >= 11 is 0. The minimum absolute atomic E-state index is 0.0123. The fourth-order valence-electron chi connectivity index (χ4n) is 2.50. The average molecular weight is 276 g/mol. The zero-order valence-electron chi connectivity index (χ0n) is 11.9. The second-order valence-corrected chi connectivity index (χ2v) is 4.92. The van der Waals surface area contributed by atoms with Crippen molar-refractivity contribution in [2.45, 2.75) is 51.7 Å². The van der Waals surface area contributed by atoms with Crippen molar-refractivity contribution in [3.63, 3.8) is 0 Å². The van der Waals surface area contributed by atoms with E-state index in [0.29, 0.717) is 6.54 Å². The third kappa shape index (κ3) is 3.01. The molecule has 1 aliphatic rings. The van der Waals surface area contributed by atoms with Crippen LogP contribution >= 0.6 is 0 Å². The van der Waals surface area contributed by atoms with Gasteiger partial charge < -0.3 is 0 Å². The van der Waals surface area contributed by atoms with Crippen molar-refractivity contribution in [2.75, 3.05) is 0 Å². The van der Waals surface area contributed by atoms with Gasteiger partial charge in [-0.3, -0.25) is 19.8 Å². The Kier molecular flexibility index (Phi) is 4.79. The van der Waals surface area contributed by atoms with E-state index in [1.807, 2.05) is 19.9 Å². The fraction of sp³-hybridized carbons (Fsp3) is 0.571. The molecule has 6 heteroatoms. The Labute approximate surface area is 118 Å². The molecule has 2 heterocycles. The molecule has 108 valence electrons. The summed E-state index contributed by atoms with van der Waals surface area (Å²) in [4.78, 5) is 25.7. The van der Waals surface area contributed by atoms with E-state index in [4.69, 9.17) is 0 Å². The minimum atomic E-state index is -0.440. The number of hydrogen-bond acceptors (Lipinski definition) is 5. The first-order valence-corrected chi connectivity index (χ1v) is 7.03. The smallest absolute Gasteiger partial charge is 0.247 e. The zero-order chi connectivity index (χ0) is 14.5. The highest BCUT2D eigenvalue weighted by molar-refractivity contribution is 6.05. The Bertz CT molecular complexity index is 473. The molecule has 1 atom stereocenters. The van der Waals surface area contributed by atoms with E-state index in [-0.39, 0.29) is 24.3 Å². The van der Waals surface area contributed by atoms with Crippen molar-refractivity contribution >= 4 is 11.8 Å². The van der Waals surface area contributed by atoms with Gasteiger partial charge in [0.25, 0.3) is 0 Å². The van der Waals surface area contributed by atoms with Gasteiger partial charge in [-0.25, -0.2) is 0 Å². The molecular weight excluding hydrogens is 256 g/mol. The molecule has 6 nitrogen and oxygen atoms in total. The number of carbonyl (C=O) groups is 2. The molecule has 2 amide bonds. The summed E-state index contributed by atoms with van der Waals surface area (Å²) in [5.41, 5.74) is 0.758. The van der Waals surface area contributed by atoms with Crippen molar-refractivity contribution in [2.24, 2.45) is 0 Å². The second-order valence-electron chi connectivity index (χ2n) is 4.92. The highest BCUT2D eigenvalue weighted by Gasteiger charge is 2.40. The normalized spacial score (nSPS) is 19.1. The highest BCUT2D eigenvalue weighted by Crippen LogP contribution is 2.20. The maximum absolute atomic E-state index is 12.3. The minimum Gasteiger partial charge on any atom is -0.300 e. The Morgan fingerprint density at radius 3 is 2.75 bits per heavy atom. The molecule has 1 aromatic rings. The van der Waals surface area contributed by atoms with Gasteiger partial charge in [0.1, 0.15) is 0 Å². The molecule has 1 aromatic heterocycles. The number of rotatable bonds is 6. The molecule has 0 bridgehead atoms. The number of imide groups is 1. The van der Waals surface area contributed by atoms with E-state index in [1.54, 1.807) is 12.3 Å². The number of nitrogens with zero attached hydrogens (tertiary/aromatic N) is 3. The average Bonchev–Trinajstić information content (AvgIpc) is 2.75.